The molecule has 0 amide bonds. The Balaban J connectivity index is 1.77. The third kappa shape index (κ3) is 4.29. The number of ketones is 1. The van der Waals surface area contributed by atoms with E-state index in [1.807, 2.05) is 30.3 Å². The number of hydrogen-bond donors (Lipinski definition) is 1. The lowest BCUT2D eigenvalue weighted by atomic mass is 10.1. The molecular weight excluding hydrogens is 350 g/mol. The molecule has 3 rings (SSSR count). The number of para-hydroxylation sites is 1. The fourth-order valence-electron chi connectivity index (χ4n) is 2.33. The fourth-order valence-corrected chi connectivity index (χ4v) is 3.38. The average Bonchev–Trinajstić information content (AvgIpc) is 2.63. The Morgan fingerprint density at radius 3 is 2.15 bits per heavy atom. The zero-order chi connectivity index (χ0) is 18.6. The van der Waals surface area contributed by atoms with Gasteiger partial charge >= 0.3 is 0 Å². The molecule has 0 aromatic heterocycles. The van der Waals surface area contributed by atoms with Crippen molar-refractivity contribution in [2.45, 2.75) is 11.8 Å². The Morgan fingerprint density at radius 1 is 0.846 bits per heavy atom. The summed E-state index contributed by atoms with van der Waals surface area (Å²) in [5.41, 5.74) is 0.777. The van der Waals surface area contributed by atoms with E-state index in [4.69, 9.17) is 4.74 Å². The largest absolute Gasteiger partial charge is 0.457 e. The van der Waals surface area contributed by atoms with E-state index in [2.05, 4.69) is 4.72 Å². The van der Waals surface area contributed by atoms with E-state index in [-0.39, 0.29) is 10.7 Å². The van der Waals surface area contributed by atoms with Crippen LogP contribution in [0.4, 0.5) is 5.69 Å². The zero-order valence-corrected chi connectivity index (χ0v) is 14.9. The monoisotopic (exact) mass is 367 g/mol. The maximum absolute atomic E-state index is 12.5. The van der Waals surface area contributed by atoms with Crippen molar-refractivity contribution < 1.29 is 17.9 Å². The molecule has 26 heavy (non-hydrogen) atoms. The third-order valence-electron chi connectivity index (χ3n) is 3.63. The van der Waals surface area contributed by atoms with Gasteiger partial charge in [0.15, 0.2) is 5.78 Å². The molecule has 0 saturated heterocycles. The predicted octanol–water partition coefficient (Wildman–Crippen LogP) is 4.48. The van der Waals surface area contributed by atoms with Gasteiger partial charge in [-0.05, 0) is 55.5 Å². The number of anilines is 1. The summed E-state index contributed by atoms with van der Waals surface area (Å²) in [6.45, 7) is 1.43. The van der Waals surface area contributed by atoms with Gasteiger partial charge < -0.3 is 4.74 Å². The van der Waals surface area contributed by atoms with Crippen LogP contribution in [-0.4, -0.2) is 14.2 Å². The van der Waals surface area contributed by atoms with Crippen molar-refractivity contribution >= 4 is 21.5 Å². The predicted molar refractivity (Wildman–Crippen MR) is 100 cm³/mol. The first-order chi connectivity index (χ1) is 12.4. The highest BCUT2D eigenvalue weighted by molar-refractivity contribution is 7.92. The first kappa shape index (κ1) is 17.7. The van der Waals surface area contributed by atoms with Crippen LogP contribution in [0.3, 0.4) is 0 Å². The summed E-state index contributed by atoms with van der Waals surface area (Å²) in [6, 6.07) is 21.7. The molecule has 0 saturated carbocycles. The van der Waals surface area contributed by atoms with Crippen LogP contribution in [-0.2, 0) is 10.0 Å². The number of sulfonamides is 1. The molecule has 0 heterocycles. The maximum atomic E-state index is 12.5. The van der Waals surface area contributed by atoms with Crippen molar-refractivity contribution in [1.82, 2.24) is 0 Å². The van der Waals surface area contributed by atoms with Crippen LogP contribution < -0.4 is 9.46 Å². The second kappa shape index (κ2) is 7.41. The number of carbonyl (C=O) groups is 1. The topological polar surface area (TPSA) is 72.5 Å². The standard InChI is InChI=1S/C20H17NO4S/c1-15(22)16-6-5-7-17(14-16)21-26(23,24)20-12-10-19(11-13-20)25-18-8-3-2-4-9-18/h2-14,21H,1H3. The van der Waals surface area contributed by atoms with E-state index < -0.39 is 10.0 Å². The highest BCUT2D eigenvalue weighted by Crippen LogP contribution is 2.24. The summed E-state index contributed by atoms with van der Waals surface area (Å²) in [4.78, 5) is 11.5. The molecule has 132 valence electrons. The highest BCUT2D eigenvalue weighted by atomic mass is 32.2. The van der Waals surface area contributed by atoms with Crippen molar-refractivity contribution in [2.24, 2.45) is 0 Å². The number of benzene rings is 3. The van der Waals surface area contributed by atoms with E-state index in [0.29, 0.717) is 22.7 Å². The maximum Gasteiger partial charge on any atom is 0.261 e. The van der Waals surface area contributed by atoms with Crippen LogP contribution in [0.1, 0.15) is 17.3 Å². The molecule has 5 nitrogen and oxygen atoms in total. The van der Waals surface area contributed by atoms with E-state index in [1.54, 1.807) is 30.3 Å². The first-order valence-corrected chi connectivity index (χ1v) is 9.39. The number of Topliss-reactive ketones (excluding diaryl/α,β-unsaturated/α-hetero) is 1. The summed E-state index contributed by atoms with van der Waals surface area (Å²) in [5, 5.41) is 0. The van der Waals surface area contributed by atoms with Crippen molar-refractivity contribution in [3.8, 4) is 11.5 Å². The minimum absolute atomic E-state index is 0.103. The minimum Gasteiger partial charge on any atom is -0.457 e. The molecule has 0 aliphatic carbocycles. The number of ether oxygens (including phenoxy) is 1. The molecule has 1 N–H and O–H groups in total. The van der Waals surface area contributed by atoms with E-state index in [0.717, 1.165) is 0 Å². The molecule has 0 aliphatic rings. The van der Waals surface area contributed by atoms with Gasteiger partial charge in [-0.2, -0.15) is 0 Å². The van der Waals surface area contributed by atoms with E-state index >= 15 is 0 Å². The van der Waals surface area contributed by atoms with E-state index in [1.165, 1.54) is 25.1 Å². The highest BCUT2D eigenvalue weighted by Gasteiger charge is 2.15. The number of rotatable bonds is 6. The van der Waals surface area contributed by atoms with Crippen LogP contribution in [0.5, 0.6) is 11.5 Å². The molecule has 0 radical (unpaired) electrons. The Kier molecular flexibility index (Phi) is 5.04. The van der Waals surface area contributed by atoms with Gasteiger partial charge in [0.25, 0.3) is 10.0 Å². The lowest BCUT2D eigenvalue weighted by molar-refractivity contribution is 0.101. The second-order valence-electron chi connectivity index (χ2n) is 5.63. The van der Waals surface area contributed by atoms with Crippen LogP contribution in [0, 0.1) is 0 Å². The summed E-state index contributed by atoms with van der Waals surface area (Å²) in [6.07, 6.45) is 0. The minimum atomic E-state index is -3.76. The molecule has 0 atom stereocenters. The number of hydrogen-bond acceptors (Lipinski definition) is 4. The summed E-state index contributed by atoms with van der Waals surface area (Å²) in [7, 11) is -3.76. The molecule has 6 heteroatoms. The van der Waals surface area contributed by atoms with Gasteiger partial charge in [0, 0.05) is 11.3 Å². The normalized spacial score (nSPS) is 11.0. The molecular formula is C20H17NO4S. The molecule has 0 spiro atoms. The molecule has 3 aromatic carbocycles. The van der Waals surface area contributed by atoms with Crippen LogP contribution in [0.25, 0.3) is 0 Å². The molecule has 0 aliphatic heterocycles. The zero-order valence-electron chi connectivity index (χ0n) is 14.0. The smallest absolute Gasteiger partial charge is 0.261 e. The van der Waals surface area contributed by atoms with Gasteiger partial charge in [-0.25, -0.2) is 8.42 Å². The molecule has 0 bridgehead atoms. The molecule has 0 unspecified atom stereocenters. The van der Waals surface area contributed by atoms with Gasteiger partial charge in [-0.1, -0.05) is 30.3 Å². The van der Waals surface area contributed by atoms with Crippen molar-refractivity contribution in [3.63, 3.8) is 0 Å². The lowest BCUT2D eigenvalue weighted by Crippen LogP contribution is -2.13. The van der Waals surface area contributed by atoms with Gasteiger partial charge in [0.2, 0.25) is 0 Å². The number of carbonyl (C=O) groups excluding carboxylic acids is 1. The first-order valence-electron chi connectivity index (χ1n) is 7.91. The van der Waals surface area contributed by atoms with Gasteiger partial charge in [0.1, 0.15) is 11.5 Å². The third-order valence-corrected chi connectivity index (χ3v) is 5.03. The Morgan fingerprint density at radius 2 is 1.50 bits per heavy atom. The van der Waals surface area contributed by atoms with Gasteiger partial charge in [0.05, 0.1) is 4.90 Å². The van der Waals surface area contributed by atoms with Crippen LogP contribution >= 0.6 is 0 Å². The molecule has 0 fully saturated rings. The summed E-state index contributed by atoms with van der Waals surface area (Å²) >= 11 is 0. The fraction of sp³-hybridized carbons (Fsp3) is 0.0500. The van der Waals surface area contributed by atoms with Gasteiger partial charge in [-0.15, -0.1) is 0 Å². The van der Waals surface area contributed by atoms with E-state index in [9.17, 15) is 13.2 Å². The van der Waals surface area contributed by atoms with Crippen molar-refractivity contribution in [2.75, 3.05) is 4.72 Å². The van der Waals surface area contributed by atoms with Crippen LogP contribution in [0.15, 0.2) is 83.8 Å². The molecule has 3 aromatic rings. The average molecular weight is 367 g/mol. The Hall–Kier alpha value is -3.12. The number of nitrogens with one attached hydrogen (secondary N) is 1. The van der Waals surface area contributed by atoms with Crippen molar-refractivity contribution in [1.29, 1.82) is 0 Å². The lowest BCUT2D eigenvalue weighted by Gasteiger charge is -2.10. The Bertz CT molecular complexity index is 1010. The van der Waals surface area contributed by atoms with Gasteiger partial charge in [-0.3, -0.25) is 9.52 Å². The summed E-state index contributed by atoms with van der Waals surface area (Å²) in [5.74, 6) is 1.07. The van der Waals surface area contributed by atoms with Crippen molar-refractivity contribution in [3.05, 3.63) is 84.4 Å². The SMILES string of the molecule is CC(=O)c1cccc(NS(=O)(=O)c2ccc(Oc3ccccc3)cc2)c1. The van der Waals surface area contributed by atoms with Crippen LogP contribution in [0.2, 0.25) is 0 Å². The summed E-state index contributed by atoms with van der Waals surface area (Å²) < 4.78 is 33.2. The quantitative estimate of drug-likeness (QED) is 0.652. The Labute approximate surface area is 152 Å². The second-order valence-corrected chi connectivity index (χ2v) is 7.31.